The first-order valence-electron chi connectivity index (χ1n) is 5.33. The van der Waals surface area contributed by atoms with Gasteiger partial charge >= 0.3 is 0 Å². The molecule has 0 amide bonds. The van der Waals surface area contributed by atoms with E-state index < -0.39 is 10.0 Å². The highest BCUT2D eigenvalue weighted by Gasteiger charge is 2.17. The van der Waals surface area contributed by atoms with Crippen LogP contribution >= 0.6 is 15.9 Å². The second-order valence-corrected chi connectivity index (χ2v) is 6.30. The molecule has 2 N–H and O–H groups in total. The summed E-state index contributed by atoms with van der Waals surface area (Å²) >= 11 is 3.21. The Bertz CT molecular complexity index is 487. The van der Waals surface area contributed by atoms with E-state index in [4.69, 9.17) is 9.88 Å². The molecular formula is C11H16BrNO3S. The predicted octanol–water partition coefficient (Wildman–Crippen LogP) is 2.66. The Hall–Kier alpha value is -0.590. The minimum Gasteiger partial charge on any atom is -0.489 e. The van der Waals surface area contributed by atoms with Crippen molar-refractivity contribution in [1.82, 2.24) is 0 Å². The summed E-state index contributed by atoms with van der Waals surface area (Å²) in [6.07, 6.45) is 1.80. The van der Waals surface area contributed by atoms with Crippen molar-refractivity contribution in [2.24, 2.45) is 5.14 Å². The highest BCUT2D eigenvalue weighted by atomic mass is 79.9. The van der Waals surface area contributed by atoms with Gasteiger partial charge < -0.3 is 4.74 Å². The van der Waals surface area contributed by atoms with Gasteiger partial charge in [-0.25, -0.2) is 13.6 Å². The quantitative estimate of drug-likeness (QED) is 0.906. The fourth-order valence-corrected chi connectivity index (χ4v) is 2.68. The van der Waals surface area contributed by atoms with E-state index in [1.807, 2.05) is 13.8 Å². The van der Waals surface area contributed by atoms with Gasteiger partial charge in [-0.15, -0.1) is 0 Å². The van der Waals surface area contributed by atoms with Crippen LogP contribution in [0.4, 0.5) is 0 Å². The third kappa shape index (κ3) is 4.29. The molecule has 0 aliphatic carbocycles. The molecular weight excluding hydrogens is 306 g/mol. The van der Waals surface area contributed by atoms with E-state index in [0.717, 1.165) is 12.8 Å². The van der Waals surface area contributed by atoms with Crippen molar-refractivity contribution in [2.45, 2.75) is 37.7 Å². The smallest absolute Gasteiger partial charge is 0.241 e. The molecule has 6 heteroatoms. The highest BCUT2D eigenvalue weighted by Crippen LogP contribution is 2.27. The molecule has 1 unspecified atom stereocenters. The van der Waals surface area contributed by atoms with Crippen LogP contribution in [0.3, 0.4) is 0 Å². The highest BCUT2D eigenvalue weighted by molar-refractivity contribution is 9.10. The fraction of sp³-hybridized carbons (Fsp3) is 0.455. The molecule has 0 bridgehead atoms. The van der Waals surface area contributed by atoms with E-state index in [9.17, 15) is 8.42 Å². The third-order valence-corrected chi connectivity index (χ3v) is 3.66. The average Bonchev–Trinajstić information content (AvgIpc) is 2.19. The van der Waals surface area contributed by atoms with Crippen molar-refractivity contribution in [3.63, 3.8) is 0 Å². The molecule has 0 radical (unpaired) electrons. The van der Waals surface area contributed by atoms with Crippen molar-refractivity contribution in [3.8, 4) is 5.75 Å². The Kier molecular flexibility index (Phi) is 4.97. The lowest BCUT2D eigenvalue weighted by Crippen LogP contribution is -2.17. The van der Waals surface area contributed by atoms with Crippen LogP contribution in [-0.2, 0) is 10.0 Å². The van der Waals surface area contributed by atoms with E-state index in [0.29, 0.717) is 10.2 Å². The van der Waals surface area contributed by atoms with Crippen LogP contribution in [0.5, 0.6) is 5.75 Å². The van der Waals surface area contributed by atoms with Gasteiger partial charge in [-0.2, -0.15) is 0 Å². The molecule has 1 aromatic rings. The molecule has 96 valence electrons. The van der Waals surface area contributed by atoms with Gasteiger partial charge in [-0.05, 0) is 31.5 Å². The number of halogens is 1. The largest absolute Gasteiger partial charge is 0.489 e. The second-order valence-electron chi connectivity index (χ2n) is 3.85. The number of sulfonamides is 1. The summed E-state index contributed by atoms with van der Waals surface area (Å²) in [5, 5.41) is 5.15. The summed E-state index contributed by atoms with van der Waals surface area (Å²) in [5.41, 5.74) is 0. The maximum atomic E-state index is 11.4. The maximum Gasteiger partial charge on any atom is 0.241 e. The summed E-state index contributed by atoms with van der Waals surface area (Å²) in [5.74, 6) is 0.302. The molecule has 1 atom stereocenters. The molecule has 0 aliphatic heterocycles. The number of primary sulfonamides is 1. The van der Waals surface area contributed by atoms with Crippen LogP contribution in [-0.4, -0.2) is 14.5 Å². The van der Waals surface area contributed by atoms with Gasteiger partial charge in [0.05, 0.1) is 6.10 Å². The monoisotopic (exact) mass is 321 g/mol. The van der Waals surface area contributed by atoms with Gasteiger partial charge in [0, 0.05) is 4.47 Å². The SMILES string of the molecule is CCCC(C)Oc1ccc(Br)cc1S(N)(=O)=O. The Labute approximate surface area is 110 Å². The van der Waals surface area contributed by atoms with Crippen LogP contribution in [0, 0.1) is 0 Å². The van der Waals surface area contributed by atoms with E-state index in [-0.39, 0.29) is 11.0 Å². The van der Waals surface area contributed by atoms with Crippen molar-refractivity contribution in [2.75, 3.05) is 0 Å². The first-order valence-corrected chi connectivity index (χ1v) is 7.67. The maximum absolute atomic E-state index is 11.4. The molecule has 0 aromatic heterocycles. The minimum absolute atomic E-state index is 0.00910. The molecule has 1 aromatic carbocycles. The van der Waals surface area contributed by atoms with Crippen molar-refractivity contribution in [3.05, 3.63) is 22.7 Å². The lowest BCUT2D eigenvalue weighted by Gasteiger charge is -2.16. The average molecular weight is 322 g/mol. The summed E-state index contributed by atoms with van der Waals surface area (Å²) < 4.78 is 29.1. The molecule has 0 fully saturated rings. The van der Waals surface area contributed by atoms with Gasteiger partial charge in [0.25, 0.3) is 0 Å². The molecule has 0 aliphatic rings. The molecule has 0 saturated heterocycles. The van der Waals surface area contributed by atoms with E-state index in [2.05, 4.69) is 15.9 Å². The van der Waals surface area contributed by atoms with E-state index >= 15 is 0 Å². The van der Waals surface area contributed by atoms with Crippen LogP contribution in [0.15, 0.2) is 27.6 Å². The first-order chi connectivity index (χ1) is 7.84. The van der Waals surface area contributed by atoms with Gasteiger partial charge in [0.15, 0.2) is 0 Å². The van der Waals surface area contributed by atoms with Crippen LogP contribution in [0.25, 0.3) is 0 Å². The number of ether oxygens (including phenoxy) is 1. The zero-order valence-corrected chi connectivity index (χ0v) is 12.2. The Morgan fingerprint density at radius 1 is 1.47 bits per heavy atom. The van der Waals surface area contributed by atoms with Crippen molar-refractivity contribution in [1.29, 1.82) is 0 Å². The fourth-order valence-electron chi connectivity index (χ4n) is 1.48. The number of hydrogen-bond acceptors (Lipinski definition) is 3. The van der Waals surface area contributed by atoms with Crippen molar-refractivity contribution < 1.29 is 13.2 Å². The first kappa shape index (κ1) is 14.5. The van der Waals surface area contributed by atoms with Crippen LogP contribution in [0.1, 0.15) is 26.7 Å². The standard InChI is InChI=1S/C11H16BrNO3S/c1-3-4-8(2)16-10-6-5-9(12)7-11(10)17(13,14)15/h5-8H,3-4H2,1-2H3,(H2,13,14,15). The van der Waals surface area contributed by atoms with Crippen LogP contribution < -0.4 is 9.88 Å². The van der Waals surface area contributed by atoms with E-state index in [1.54, 1.807) is 12.1 Å². The molecule has 1 rings (SSSR count). The molecule has 0 spiro atoms. The Morgan fingerprint density at radius 2 is 2.12 bits per heavy atom. The summed E-state index contributed by atoms with van der Waals surface area (Å²) in [4.78, 5) is 0.00910. The zero-order chi connectivity index (χ0) is 13.1. The summed E-state index contributed by atoms with van der Waals surface area (Å²) in [6.45, 7) is 3.94. The molecule has 17 heavy (non-hydrogen) atoms. The van der Waals surface area contributed by atoms with Crippen molar-refractivity contribution >= 4 is 26.0 Å². The summed E-state index contributed by atoms with van der Waals surface area (Å²) in [6, 6.07) is 4.78. The lowest BCUT2D eigenvalue weighted by molar-refractivity contribution is 0.204. The van der Waals surface area contributed by atoms with Gasteiger partial charge in [0.2, 0.25) is 10.0 Å². The third-order valence-electron chi connectivity index (χ3n) is 2.24. The summed E-state index contributed by atoms with van der Waals surface area (Å²) in [7, 11) is -3.77. The number of hydrogen-bond donors (Lipinski definition) is 1. The van der Waals surface area contributed by atoms with E-state index in [1.165, 1.54) is 6.07 Å². The Morgan fingerprint density at radius 3 is 2.65 bits per heavy atom. The van der Waals surface area contributed by atoms with Gasteiger partial charge in [-0.1, -0.05) is 29.3 Å². The number of nitrogens with two attached hydrogens (primary N) is 1. The normalized spacial score (nSPS) is 13.4. The van der Waals surface area contributed by atoms with Crippen LogP contribution in [0.2, 0.25) is 0 Å². The molecule has 0 heterocycles. The lowest BCUT2D eigenvalue weighted by atomic mass is 10.2. The molecule has 4 nitrogen and oxygen atoms in total. The Balaban J connectivity index is 3.07. The topological polar surface area (TPSA) is 69.4 Å². The minimum atomic E-state index is -3.77. The van der Waals surface area contributed by atoms with Gasteiger partial charge in [-0.3, -0.25) is 0 Å². The number of rotatable bonds is 5. The molecule has 0 saturated carbocycles. The zero-order valence-electron chi connectivity index (χ0n) is 9.81. The predicted molar refractivity (Wildman–Crippen MR) is 70.5 cm³/mol. The second kappa shape index (κ2) is 5.84. The number of benzene rings is 1. The van der Waals surface area contributed by atoms with Gasteiger partial charge in [0.1, 0.15) is 10.6 Å².